The van der Waals surface area contributed by atoms with Crippen LogP contribution in [0.1, 0.15) is 36.6 Å². The van der Waals surface area contributed by atoms with E-state index in [9.17, 15) is 32.3 Å². The molecular weight excluding hydrogens is 453 g/mol. The number of hydrogen-bond acceptors (Lipinski definition) is 5. The molecule has 10 heteroatoms. The van der Waals surface area contributed by atoms with Crippen LogP contribution in [-0.4, -0.2) is 30.3 Å². The van der Waals surface area contributed by atoms with Crippen LogP contribution in [-0.2, 0) is 15.7 Å². The fourth-order valence-electron chi connectivity index (χ4n) is 3.32. The molecule has 0 saturated carbocycles. The van der Waals surface area contributed by atoms with Crippen LogP contribution in [0, 0.1) is 0 Å². The molecule has 0 atom stereocenters. The lowest BCUT2D eigenvalue weighted by molar-refractivity contribution is -0.137. The predicted octanol–water partition coefficient (Wildman–Crippen LogP) is 4.30. The first-order valence-electron chi connectivity index (χ1n) is 9.87. The second-order valence-electron chi connectivity index (χ2n) is 7.24. The molecule has 0 aromatic heterocycles. The molecule has 1 N–H and O–H groups in total. The summed E-state index contributed by atoms with van der Waals surface area (Å²) < 4.78 is 42.7. The lowest BCUT2D eigenvalue weighted by Gasteiger charge is -2.14. The Balaban J connectivity index is 1.34. The Morgan fingerprint density at radius 3 is 1.91 bits per heavy atom. The van der Waals surface area contributed by atoms with Crippen LogP contribution in [0.25, 0.3) is 0 Å². The maximum atomic E-state index is 12.6. The molecule has 3 aromatic carbocycles. The Kier molecular flexibility index (Phi) is 5.89. The zero-order valence-electron chi connectivity index (χ0n) is 17.3. The molecule has 34 heavy (non-hydrogen) atoms. The molecule has 1 aliphatic heterocycles. The van der Waals surface area contributed by atoms with E-state index in [1.165, 1.54) is 24.3 Å². The van der Waals surface area contributed by atoms with Gasteiger partial charge in [-0.3, -0.25) is 14.4 Å². The highest BCUT2D eigenvalue weighted by Gasteiger charge is 2.36. The van der Waals surface area contributed by atoms with Crippen molar-refractivity contribution in [3.8, 4) is 0 Å². The summed E-state index contributed by atoms with van der Waals surface area (Å²) in [6.45, 7) is -0.667. The second-order valence-corrected chi connectivity index (χ2v) is 7.24. The van der Waals surface area contributed by atoms with Crippen molar-refractivity contribution in [2.45, 2.75) is 6.18 Å². The second kappa shape index (κ2) is 8.81. The van der Waals surface area contributed by atoms with Crippen LogP contribution in [0.3, 0.4) is 0 Å². The number of carbonyl (C=O) groups excluding carboxylic acids is 4. The molecule has 0 saturated heterocycles. The summed E-state index contributed by atoms with van der Waals surface area (Å²) >= 11 is 0. The van der Waals surface area contributed by atoms with Crippen LogP contribution >= 0.6 is 0 Å². The monoisotopic (exact) mass is 468 g/mol. The van der Waals surface area contributed by atoms with Gasteiger partial charge in [-0.2, -0.15) is 13.2 Å². The first-order valence-corrected chi connectivity index (χ1v) is 9.87. The van der Waals surface area contributed by atoms with Crippen molar-refractivity contribution in [1.82, 2.24) is 0 Å². The maximum absolute atomic E-state index is 12.6. The van der Waals surface area contributed by atoms with Gasteiger partial charge in [-0.05, 0) is 60.7 Å². The van der Waals surface area contributed by atoms with Crippen molar-refractivity contribution in [2.75, 3.05) is 16.8 Å². The highest BCUT2D eigenvalue weighted by Crippen LogP contribution is 2.30. The summed E-state index contributed by atoms with van der Waals surface area (Å²) in [5.74, 6) is -2.53. The molecule has 3 aromatic rings. The molecule has 3 amide bonds. The molecule has 172 valence electrons. The molecule has 1 aliphatic rings. The van der Waals surface area contributed by atoms with Crippen molar-refractivity contribution >= 4 is 35.1 Å². The number of nitrogens with one attached hydrogen (secondary N) is 1. The van der Waals surface area contributed by atoms with Crippen molar-refractivity contribution in [1.29, 1.82) is 0 Å². The smallest absolute Gasteiger partial charge is 0.416 e. The molecule has 4 rings (SSSR count). The molecule has 0 spiro atoms. The SMILES string of the molecule is O=C(COC(=O)c1ccc(N2C(=O)c3ccccc3C2=O)cc1)Nc1ccc(C(F)(F)F)cc1. The lowest BCUT2D eigenvalue weighted by Crippen LogP contribution is -2.29. The van der Waals surface area contributed by atoms with E-state index in [-0.39, 0.29) is 28.1 Å². The van der Waals surface area contributed by atoms with Crippen molar-refractivity contribution in [3.05, 3.63) is 95.1 Å². The molecular formula is C24H15F3N2O5. The van der Waals surface area contributed by atoms with Gasteiger partial charge in [0.1, 0.15) is 0 Å². The molecule has 0 unspecified atom stereocenters. The van der Waals surface area contributed by atoms with Gasteiger partial charge in [0.2, 0.25) is 0 Å². The number of rotatable bonds is 5. The van der Waals surface area contributed by atoms with Crippen molar-refractivity contribution in [3.63, 3.8) is 0 Å². The van der Waals surface area contributed by atoms with Gasteiger partial charge in [0.25, 0.3) is 17.7 Å². The van der Waals surface area contributed by atoms with E-state index < -0.39 is 42.0 Å². The van der Waals surface area contributed by atoms with Crippen LogP contribution in [0.15, 0.2) is 72.8 Å². The first kappa shape index (κ1) is 22.7. The minimum absolute atomic E-state index is 0.0719. The summed E-state index contributed by atoms with van der Waals surface area (Å²) in [6, 6.07) is 15.7. The van der Waals surface area contributed by atoms with Crippen LogP contribution in [0.2, 0.25) is 0 Å². The zero-order chi connectivity index (χ0) is 24.5. The Labute approximate surface area is 190 Å². The van der Waals surface area contributed by atoms with Gasteiger partial charge in [0.05, 0.1) is 27.9 Å². The number of amides is 3. The maximum Gasteiger partial charge on any atom is 0.416 e. The summed E-state index contributed by atoms with van der Waals surface area (Å²) in [5.41, 5.74) is 0.163. The predicted molar refractivity (Wildman–Crippen MR) is 114 cm³/mol. The van der Waals surface area contributed by atoms with E-state index in [0.29, 0.717) is 0 Å². The summed E-state index contributed by atoms with van der Waals surface area (Å²) in [5, 5.41) is 2.33. The fraction of sp³-hybridized carbons (Fsp3) is 0.0833. The third-order valence-corrected chi connectivity index (χ3v) is 4.99. The number of imide groups is 1. The topological polar surface area (TPSA) is 92.8 Å². The minimum atomic E-state index is -4.49. The number of anilines is 2. The summed E-state index contributed by atoms with van der Waals surface area (Å²) in [6.07, 6.45) is -4.49. The van der Waals surface area contributed by atoms with Crippen LogP contribution in [0.4, 0.5) is 24.5 Å². The van der Waals surface area contributed by atoms with Gasteiger partial charge in [0, 0.05) is 5.69 Å². The third kappa shape index (κ3) is 4.51. The Morgan fingerprint density at radius 2 is 1.38 bits per heavy atom. The number of halogens is 3. The van der Waals surface area contributed by atoms with Crippen LogP contribution in [0.5, 0.6) is 0 Å². The minimum Gasteiger partial charge on any atom is -0.452 e. The normalized spacial score (nSPS) is 13.0. The van der Waals surface area contributed by atoms with Crippen molar-refractivity contribution < 1.29 is 37.1 Å². The number of benzene rings is 3. The summed E-state index contributed by atoms with van der Waals surface area (Å²) in [7, 11) is 0. The van der Waals surface area contributed by atoms with E-state index in [1.54, 1.807) is 24.3 Å². The number of hydrogen-bond donors (Lipinski definition) is 1. The van der Waals surface area contributed by atoms with E-state index in [0.717, 1.165) is 29.2 Å². The van der Waals surface area contributed by atoms with E-state index in [4.69, 9.17) is 4.74 Å². The van der Waals surface area contributed by atoms with Gasteiger partial charge in [-0.25, -0.2) is 9.69 Å². The Bertz CT molecular complexity index is 1250. The number of ether oxygens (including phenoxy) is 1. The van der Waals surface area contributed by atoms with E-state index in [2.05, 4.69) is 5.32 Å². The number of carbonyl (C=O) groups is 4. The van der Waals surface area contributed by atoms with Gasteiger partial charge in [0.15, 0.2) is 6.61 Å². The standard InChI is InChI=1S/C24H15F3N2O5/c25-24(26,27)15-7-9-16(10-8-15)28-20(30)13-34-23(33)14-5-11-17(12-6-14)29-21(31)18-3-1-2-4-19(18)22(29)32/h1-12H,13H2,(H,28,30). The molecule has 0 radical (unpaired) electrons. The quantitative estimate of drug-likeness (QED) is 0.445. The van der Waals surface area contributed by atoms with Gasteiger partial charge < -0.3 is 10.1 Å². The molecule has 0 bridgehead atoms. The fourth-order valence-corrected chi connectivity index (χ4v) is 3.32. The highest BCUT2D eigenvalue weighted by molar-refractivity contribution is 6.34. The van der Waals surface area contributed by atoms with E-state index in [1.807, 2.05) is 0 Å². The first-order chi connectivity index (χ1) is 16.1. The van der Waals surface area contributed by atoms with Gasteiger partial charge in [-0.15, -0.1) is 0 Å². The zero-order valence-corrected chi connectivity index (χ0v) is 17.3. The number of nitrogens with zero attached hydrogens (tertiary/aromatic N) is 1. The number of fused-ring (bicyclic) bond motifs is 1. The average Bonchev–Trinajstić information content (AvgIpc) is 3.07. The number of esters is 1. The van der Waals surface area contributed by atoms with Crippen molar-refractivity contribution in [2.24, 2.45) is 0 Å². The Morgan fingerprint density at radius 1 is 0.824 bits per heavy atom. The largest absolute Gasteiger partial charge is 0.452 e. The summed E-state index contributed by atoms with van der Waals surface area (Å²) in [4.78, 5) is 50.2. The molecule has 7 nitrogen and oxygen atoms in total. The highest BCUT2D eigenvalue weighted by atomic mass is 19.4. The van der Waals surface area contributed by atoms with E-state index >= 15 is 0 Å². The molecule has 1 heterocycles. The van der Waals surface area contributed by atoms with Gasteiger partial charge in [-0.1, -0.05) is 12.1 Å². The number of alkyl halides is 3. The van der Waals surface area contributed by atoms with Gasteiger partial charge >= 0.3 is 12.1 Å². The van der Waals surface area contributed by atoms with Crippen LogP contribution < -0.4 is 10.2 Å². The molecule has 0 fully saturated rings. The lowest BCUT2D eigenvalue weighted by atomic mass is 10.1. The Hall–Kier alpha value is -4.47. The molecule has 0 aliphatic carbocycles. The third-order valence-electron chi connectivity index (χ3n) is 4.99. The average molecular weight is 468 g/mol.